The highest BCUT2D eigenvalue weighted by molar-refractivity contribution is 4.95. The van der Waals surface area contributed by atoms with Crippen LogP contribution in [0.15, 0.2) is 0 Å². The highest BCUT2D eigenvalue weighted by atomic mass is 16.5. The van der Waals surface area contributed by atoms with E-state index in [4.69, 9.17) is 4.74 Å². The Labute approximate surface area is 111 Å². The van der Waals surface area contributed by atoms with E-state index < -0.39 is 0 Å². The van der Waals surface area contributed by atoms with Gasteiger partial charge in [-0.05, 0) is 43.6 Å². The van der Waals surface area contributed by atoms with E-state index in [0.29, 0.717) is 17.9 Å². The van der Waals surface area contributed by atoms with Gasteiger partial charge in [0.1, 0.15) is 0 Å². The molecular formula is C15H26N2O. The van der Waals surface area contributed by atoms with E-state index >= 15 is 0 Å². The maximum Gasteiger partial charge on any atom is 0.0672 e. The highest BCUT2D eigenvalue weighted by Gasteiger charge is 2.35. The summed E-state index contributed by atoms with van der Waals surface area (Å²) in [5, 5.41) is 9.32. The fourth-order valence-electron chi connectivity index (χ4n) is 3.52. The van der Waals surface area contributed by atoms with Crippen molar-refractivity contribution in [3.05, 3.63) is 0 Å². The number of hydrogen-bond donors (Lipinski definition) is 0. The molecule has 0 aromatic rings. The third-order valence-corrected chi connectivity index (χ3v) is 4.81. The van der Waals surface area contributed by atoms with E-state index in [9.17, 15) is 5.26 Å². The lowest BCUT2D eigenvalue weighted by Gasteiger charge is -2.42. The summed E-state index contributed by atoms with van der Waals surface area (Å²) in [6.07, 6.45) is 4.10. The molecule has 0 aromatic carbocycles. The van der Waals surface area contributed by atoms with Crippen molar-refractivity contribution in [3.63, 3.8) is 0 Å². The molecule has 2 fully saturated rings. The molecule has 2 rings (SSSR count). The largest absolute Gasteiger partial charge is 0.381 e. The summed E-state index contributed by atoms with van der Waals surface area (Å²) in [6.45, 7) is 7.82. The topological polar surface area (TPSA) is 36.3 Å². The molecule has 1 aliphatic heterocycles. The number of piperidine rings is 1. The summed E-state index contributed by atoms with van der Waals surface area (Å²) in [5.41, 5.74) is 0. The summed E-state index contributed by atoms with van der Waals surface area (Å²) >= 11 is 0. The minimum Gasteiger partial charge on any atom is -0.381 e. The maximum absolute atomic E-state index is 9.32. The quantitative estimate of drug-likeness (QED) is 0.769. The summed E-state index contributed by atoms with van der Waals surface area (Å²) in [6, 6.07) is 2.53. The molecule has 18 heavy (non-hydrogen) atoms. The lowest BCUT2D eigenvalue weighted by molar-refractivity contribution is -0.0176. The Morgan fingerprint density at radius 3 is 2.67 bits per heavy atom. The molecule has 2 atom stereocenters. The van der Waals surface area contributed by atoms with Crippen LogP contribution in [-0.2, 0) is 4.74 Å². The minimum absolute atomic E-state index is 0.233. The number of likely N-dealkylation sites (tertiary alicyclic amines) is 1. The Hall–Kier alpha value is -0.590. The molecule has 3 heteroatoms. The Morgan fingerprint density at radius 1 is 1.39 bits per heavy atom. The molecule has 0 radical (unpaired) electrons. The van der Waals surface area contributed by atoms with Gasteiger partial charge in [-0.15, -0.1) is 0 Å². The van der Waals surface area contributed by atoms with Crippen molar-refractivity contribution in [3.8, 4) is 6.07 Å². The van der Waals surface area contributed by atoms with Gasteiger partial charge >= 0.3 is 0 Å². The van der Waals surface area contributed by atoms with Crippen LogP contribution in [0.25, 0.3) is 0 Å². The van der Waals surface area contributed by atoms with Gasteiger partial charge in [-0.25, -0.2) is 0 Å². The minimum atomic E-state index is 0.233. The molecule has 1 saturated carbocycles. The Bertz CT molecular complexity index is 304. The first-order chi connectivity index (χ1) is 8.63. The van der Waals surface area contributed by atoms with Gasteiger partial charge in [-0.3, -0.25) is 0 Å². The number of hydrogen-bond acceptors (Lipinski definition) is 3. The third-order valence-electron chi connectivity index (χ3n) is 4.81. The molecule has 2 unspecified atom stereocenters. The zero-order valence-corrected chi connectivity index (χ0v) is 11.9. The summed E-state index contributed by atoms with van der Waals surface area (Å²) in [5.74, 6) is 2.26. The number of nitrogens with zero attached hydrogens (tertiary/aromatic N) is 2. The van der Waals surface area contributed by atoms with Crippen molar-refractivity contribution in [1.29, 1.82) is 5.26 Å². The van der Waals surface area contributed by atoms with Crippen LogP contribution >= 0.6 is 0 Å². The van der Waals surface area contributed by atoms with Crippen molar-refractivity contribution >= 4 is 0 Å². The van der Waals surface area contributed by atoms with Gasteiger partial charge in [-0.2, -0.15) is 5.26 Å². The third kappa shape index (κ3) is 3.05. The molecule has 0 amide bonds. The smallest absolute Gasteiger partial charge is 0.0672 e. The zero-order valence-electron chi connectivity index (χ0n) is 11.9. The second kappa shape index (κ2) is 6.04. The maximum atomic E-state index is 9.32. The fourth-order valence-corrected chi connectivity index (χ4v) is 3.52. The van der Waals surface area contributed by atoms with E-state index in [1.54, 1.807) is 7.11 Å². The molecular weight excluding hydrogens is 224 g/mol. The molecule has 1 heterocycles. The van der Waals surface area contributed by atoms with E-state index in [-0.39, 0.29) is 5.92 Å². The molecule has 0 spiro atoms. The first kappa shape index (κ1) is 13.8. The van der Waals surface area contributed by atoms with Crippen molar-refractivity contribution in [2.75, 3.05) is 26.7 Å². The number of rotatable bonds is 4. The molecule has 0 N–H and O–H groups in total. The van der Waals surface area contributed by atoms with Crippen molar-refractivity contribution < 1.29 is 4.74 Å². The molecule has 0 aromatic heterocycles. The van der Waals surface area contributed by atoms with Crippen molar-refractivity contribution in [2.45, 2.75) is 39.2 Å². The monoisotopic (exact) mass is 250 g/mol. The lowest BCUT2D eigenvalue weighted by Crippen LogP contribution is -2.46. The Morgan fingerprint density at radius 2 is 2.11 bits per heavy atom. The Kier molecular flexibility index (Phi) is 4.64. The van der Waals surface area contributed by atoms with Crippen LogP contribution in [0, 0.1) is 35.0 Å². The van der Waals surface area contributed by atoms with E-state index in [2.05, 4.69) is 24.8 Å². The van der Waals surface area contributed by atoms with Gasteiger partial charge in [0.2, 0.25) is 0 Å². The van der Waals surface area contributed by atoms with E-state index in [1.807, 2.05) is 0 Å². The molecule has 0 bridgehead atoms. The average molecular weight is 250 g/mol. The van der Waals surface area contributed by atoms with Gasteiger partial charge in [0.05, 0.1) is 18.1 Å². The second-order valence-corrected chi connectivity index (χ2v) is 6.39. The highest BCUT2D eigenvalue weighted by Crippen LogP contribution is 2.34. The van der Waals surface area contributed by atoms with Crippen molar-refractivity contribution in [1.82, 2.24) is 4.90 Å². The van der Waals surface area contributed by atoms with E-state index in [0.717, 1.165) is 12.5 Å². The summed E-state index contributed by atoms with van der Waals surface area (Å²) in [7, 11) is 1.81. The van der Waals surface area contributed by atoms with Gasteiger partial charge in [0.25, 0.3) is 0 Å². The number of methoxy groups -OCH3 is 1. The normalized spacial score (nSPS) is 37.3. The molecule has 102 valence electrons. The van der Waals surface area contributed by atoms with Crippen molar-refractivity contribution in [2.24, 2.45) is 23.7 Å². The first-order valence-electron chi connectivity index (χ1n) is 7.28. The lowest BCUT2D eigenvalue weighted by atomic mass is 9.77. The SMILES string of the molecule is COC1CC(CN2CCC(C(C)C)C(C#N)C2)C1. The van der Waals surface area contributed by atoms with Crippen LogP contribution in [0.4, 0.5) is 0 Å². The average Bonchev–Trinajstić information content (AvgIpc) is 2.32. The van der Waals surface area contributed by atoms with Crippen LogP contribution in [0.5, 0.6) is 0 Å². The van der Waals surface area contributed by atoms with Gasteiger partial charge in [0.15, 0.2) is 0 Å². The number of ether oxygens (including phenoxy) is 1. The first-order valence-corrected chi connectivity index (χ1v) is 7.28. The number of nitriles is 1. The Balaban J connectivity index is 1.78. The van der Waals surface area contributed by atoms with Crippen LogP contribution in [0.2, 0.25) is 0 Å². The molecule has 1 aliphatic carbocycles. The van der Waals surface area contributed by atoms with Gasteiger partial charge < -0.3 is 9.64 Å². The summed E-state index contributed by atoms with van der Waals surface area (Å²) in [4.78, 5) is 2.50. The van der Waals surface area contributed by atoms with Crippen LogP contribution in [0.3, 0.4) is 0 Å². The van der Waals surface area contributed by atoms with Gasteiger partial charge in [0, 0.05) is 20.2 Å². The predicted octanol–water partition coefficient (Wildman–Crippen LogP) is 2.53. The van der Waals surface area contributed by atoms with Crippen LogP contribution < -0.4 is 0 Å². The zero-order chi connectivity index (χ0) is 13.1. The van der Waals surface area contributed by atoms with Crippen LogP contribution in [-0.4, -0.2) is 37.7 Å². The predicted molar refractivity (Wildman–Crippen MR) is 72.0 cm³/mol. The molecule has 1 saturated heterocycles. The molecule has 3 nitrogen and oxygen atoms in total. The standard InChI is InChI=1S/C15H26N2O/c1-11(2)15-4-5-17(10-13(15)8-16)9-12-6-14(7-12)18-3/h11-15H,4-7,9-10H2,1-3H3. The van der Waals surface area contributed by atoms with Crippen LogP contribution in [0.1, 0.15) is 33.1 Å². The molecule has 2 aliphatic rings. The van der Waals surface area contributed by atoms with E-state index in [1.165, 1.54) is 32.4 Å². The summed E-state index contributed by atoms with van der Waals surface area (Å²) < 4.78 is 5.33. The van der Waals surface area contributed by atoms with Gasteiger partial charge in [-0.1, -0.05) is 13.8 Å². The second-order valence-electron chi connectivity index (χ2n) is 6.39. The fraction of sp³-hybridized carbons (Fsp3) is 0.933.